The fourth-order valence-corrected chi connectivity index (χ4v) is 7.35. The van der Waals surface area contributed by atoms with Crippen molar-refractivity contribution in [2.45, 2.75) is 68.2 Å². The first-order chi connectivity index (χ1) is 27.5. The van der Waals surface area contributed by atoms with E-state index in [1.165, 1.54) is 0 Å². The molecule has 0 saturated heterocycles. The molecule has 8 rings (SSSR count). The minimum absolute atomic E-state index is 0. The quantitative estimate of drug-likeness (QED) is 0.120. The van der Waals surface area contributed by atoms with Crippen LogP contribution in [0.1, 0.15) is 61.1 Å². The molecule has 0 atom stereocenters. The van der Waals surface area contributed by atoms with E-state index in [1.54, 1.807) is 12.4 Å². The first-order valence-corrected chi connectivity index (χ1v) is 19.5. The van der Waals surface area contributed by atoms with Crippen molar-refractivity contribution in [3.8, 4) is 51.5 Å². The standard InChI is InChI=1S/C50H45N5O2.2Pt/c1-30(2)20-42-34(7)24-36(44-22-32(5)14-18-51-44)26-48(42)56-38-10-12-40-41-13-11-39(29-47(41)55(46(40)28-38)50-53-16-9-17-54-50)57-49-27-37(45-23-33(6)15-19-52-45)25-35(8)43(49)21-31(3)4;;/h9-19,22-25,30-31H,20-21H2,1-8H3;;/q-4;2*+2. The van der Waals surface area contributed by atoms with Crippen molar-refractivity contribution in [1.29, 1.82) is 0 Å². The maximum absolute atomic E-state index is 6.76. The van der Waals surface area contributed by atoms with Crippen molar-refractivity contribution in [2.24, 2.45) is 11.8 Å². The molecule has 4 aromatic heterocycles. The summed E-state index contributed by atoms with van der Waals surface area (Å²) < 4.78 is 15.5. The minimum atomic E-state index is 0. The number of fused-ring (bicyclic) bond motifs is 3. The van der Waals surface area contributed by atoms with Gasteiger partial charge in [0.25, 0.3) is 0 Å². The largest absolute Gasteiger partial charge is 2.00 e. The molecular weight excluding hydrogens is 1090 g/mol. The zero-order chi connectivity index (χ0) is 39.8. The van der Waals surface area contributed by atoms with Crippen LogP contribution in [-0.2, 0) is 55.0 Å². The van der Waals surface area contributed by atoms with Crippen LogP contribution in [0.2, 0.25) is 0 Å². The van der Waals surface area contributed by atoms with Crippen LogP contribution in [0.4, 0.5) is 0 Å². The second-order valence-electron chi connectivity index (χ2n) is 15.7. The van der Waals surface area contributed by atoms with Crippen LogP contribution < -0.4 is 9.47 Å². The van der Waals surface area contributed by atoms with Crippen molar-refractivity contribution < 1.29 is 51.6 Å². The van der Waals surface area contributed by atoms with Crippen LogP contribution in [0.5, 0.6) is 23.0 Å². The van der Waals surface area contributed by atoms with Crippen LogP contribution in [-0.4, -0.2) is 24.5 Å². The number of hydrogen-bond acceptors (Lipinski definition) is 6. The van der Waals surface area contributed by atoms with E-state index in [0.717, 1.165) is 90.5 Å². The molecule has 0 N–H and O–H groups in total. The number of pyridine rings is 2. The van der Waals surface area contributed by atoms with Crippen LogP contribution in [0.25, 0.3) is 50.3 Å². The Hall–Kier alpha value is -4.96. The van der Waals surface area contributed by atoms with Gasteiger partial charge in [0.2, 0.25) is 5.95 Å². The molecule has 0 spiro atoms. The summed E-state index contributed by atoms with van der Waals surface area (Å²) in [7, 11) is 0. The van der Waals surface area contributed by atoms with Gasteiger partial charge < -0.3 is 24.0 Å². The molecule has 7 nitrogen and oxygen atoms in total. The van der Waals surface area contributed by atoms with Crippen molar-refractivity contribution in [2.75, 3.05) is 0 Å². The van der Waals surface area contributed by atoms with Crippen LogP contribution in [0, 0.1) is 63.8 Å². The Morgan fingerprint density at radius 3 is 1.39 bits per heavy atom. The van der Waals surface area contributed by atoms with E-state index in [-0.39, 0.29) is 42.1 Å². The predicted octanol–water partition coefficient (Wildman–Crippen LogP) is 12.1. The summed E-state index contributed by atoms with van der Waals surface area (Å²) in [5.74, 6) is 3.78. The first-order valence-electron chi connectivity index (χ1n) is 19.5. The minimum Gasteiger partial charge on any atom is -0.503 e. The summed E-state index contributed by atoms with van der Waals surface area (Å²) in [6.45, 7) is 17.3. The molecule has 9 heteroatoms. The fourth-order valence-electron chi connectivity index (χ4n) is 7.35. The summed E-state index contributed by atoms with van der Waals surface area (Å²) in [6.07, 6.45) is 8.83. The van der Waals surface area contributed by atoms with Crippen LogP contribution in [0.3, 0.4) is 0 Å². The summed E-state index contributed by atoms with van der Waals surface area (Å²) >= 11 is 0. The molecule has 8 aromatic rings. The Morgan fingerprint density at radius 1 is 0.542 bits per heavy atom. The van der Waals surface area contributed by atoms with Gasteiger partial charge in [-0.1, -0.05) is 124 Å². The van der Waals surface area contributed by atoms with Gasteiger partial charge in [-0.2, -0.15) is 22.9 Å². The van der Waals surface area contributed by atoms with E-state index in [0.29, 0.717) is 40.8 Å². The third-order valence-corrected chi connectivity index (χ3v) is 10.0. The number of benzene rings is 4. The van der Waals surface area contributed by atoms with E-state index in [4.69, 9.17) is 9.47 Å². The van der Waals surface area contributed by atoms with Gasteiger partial charge in [-0.15, -0.1) is 58.7 Å². The smallest absolute Gasteiger partial charge is 0.503 e. The summed E-state index contributed by atoms with van der Waals surface area (Å²) in [6, 6.07) is 36.6. The molecule has 0 radical (unpaired) electrons. The Morgan fingerprint density at radius 2 is 0.983 bits per heavy atom. The molecule has 4 heterocycles. The van der Waals surface area contributed by atoms with Gasteiger partial charge in [0.15, 0.2) is 0 Å². The average Bonchev–Trinajstić information content (AvgIpc) is 3.50. The van der Waals surface area contributed by atoms with E-state index >= 15 is 0 Å². The SMILES string of the molecule is Cc1ccnc(-c2[c-]c(Oc3[c-]c4c(cc3)c3ccc(Oc5[c-]c(-c6cc(C)ccn6)cc(C)c5CC(C)C)[c-]c3n4-c3ncccn3)c(CC(C)C)c(C)c2)c1.[Pt+2].[Pt+2]. The van der Waals surface area contributed by atoms with Crippen molar-refractivity contribution in [1.82, 2.24) is 24.5 Å². The molecule has 0 aliphatic carbocycles. The maximum Gasteiger partial charge on any atom is 2.00 e. The zero-order valence-corrected chi connectivity index (χ0v) is 39.0. The van der Waals surface area contributed by atoms with Gasteiger partial charge in [-0.3, -0.25) is 0 Å². The van der Waals surface area contributed by atoms with Gasteiger partial charge in [-0.05, 0) is 43.4 Å². The van der Waals surface area contributed by atoms with Gasteiger partial charge in [0.05, 0.1) is 0 Å². The monoisotopic (exact) mass is 1140 g/mol. The van der Waals surface area contributed by atoms with E-state index in [9.17, 15) is 0 Å². The fraction of sp³-hybridized carbons (Fsp3) is 0.240. The predicted molar refractivity (Wildman–Crippen MR) is 227 cm³/mol. The molecular formula is C50H45N5O2Pt2. The van der Waals surface area contributed by atoms with Crippen molar-refractivity contribution in [3.63, 3.8) is 0 Å². The van der Waals surface area contributed by atoms with Gasteiger partial charge in [0.1, 0.15) is 0 Å². The molecule has 59 heavy (non-hydrogen) atoms. The number of aromatic nitrogens is 5. The van der Waals surface area contributed by atoms with Gasteiger partial charge in [-0.25, -0.2) is 9.97 Å². The number of aryl methyl sites for hydroxylation is 4. The van der Waals surface area contributed by atoms with E-state index in [2.05, 4.69) is 136 Å². The Bertz CT molecular complexity index is 2590. The number of hydrogen-bond donors (Lipinski definition) is 0. The van der Waals surface area contributed by atoms with Crippen LogP contribution in [0.15, 0.2) is 91.5 Å². The number of nitrogens with zero attached hydrogens (tertiary/aromatic N) is 5. The topological polar surface area (TPSA) is 75.0 Å². The van der Waals surface area contributed by atoms with Gasteiger partial charge in [0, 0.05) is 47.8 Å². The third kappa shape index (κ3) is 9.43. The van der Waals surface area contributed by atoms with Crippen molar-refractivity contribution in [3.05, 3.63) is 149 Å². The molecule has 0 amide bonds. The molecule has 0 unspecified atom stereocenters. The van der Waals surface area contributed by atoms with E-state index in [1.807, 2.05) is 47.3 Å². The van der Waals surface area contributed by atoms with Crippen LogP contribution >= 0.6 is 0 Å². The number of rotatable bonds is 11. The first kappa shape index (κ1) is 43.6. The number of ether oxygens (including phenoxy) is 2. The molecule has 0 saturated carbocycles. The normalized spacial score (nSPS) is 11.2. The average molecular weight is 1140 g/mol. The maximum atomic E-state index is 6.76. The molecule has 0 aliphatic heterocycles. The summed E-state index contributed by atoms with van der Waals surface area (Å²) in [4.78, 5) is 18.6. The second-order valence-corrected chi connectivity index (χ2v) is 15.7. The Kier molecular flexibility index (Phi) is 13.7. The molecule has 0 aliphatic rings. The van der Waals surface area contributed by atoms with E-state index < -0.39 is 0 Å². The molecule has 4 aromatic carbocycles. The summed E-state index contributed by atoms with van der Waals surface area (Å²) in [5.41, 5.74) is 11.8. The van der Waals surface area contributed by atoms with Crippen molar-refractivity contribution >= 4 is 21.8 Å². The molecule has 0 bridgehead atoms. The third-order valence-electron chi connectivity index (χ3n) is 10.0. The van der Waals surface area contributed by atoms with Gasteiger partial charge >= 0.3 is 42.1 Å². The zero-order valence-electron chi connectivity index (χ0n) is 34.4. The Balaban J connectivity index is 0.00000293. The molecule has 0 fully saturated rings. The molecule has 302 valence electrons. The summed E-state index contributed by atoms with van der Waals surface area (Å²) in [5, 5.41) is 1.92. The Labute approximate surface area is 376 Å². The second kappa shape index (κ2) is 18.5.